The molecular formula is C21H20N2O. The highest BCUT2D eigenvalue weighted by Crippen LogP contribution is 2.11. The van der Waals surface area contributed by atoms with Crippen LogP contribution in [0.4, 0.5) is 0 Å². The highest BCUT2D eigenvalue weighted by molar-refractivity contribution is 6.12. The summed E-state index contributed by atoms with van der Waals surface area (Å²) in [6.45, 7) is 2.66. The summed E-state index contributed by atoms with van der Waals surface area (Å²) < 4.78 is 0. The highest BCUT2D eigenvalue weighted by Gasteiger charge is 2.07. The molecule has 120 valence electrons. The molecule has 0 atom stereocenters. The zero-order valence-corrected chi connectivity index (χ0v) is 13.7. The lowest BCUT2D eigenvalue weighted by Crippen LogP contribution is -2.06. The van der Waals surface area contributed by atoms with Crippen LogP contribution in [0, 0.1) is 6.92 Å². The molecule has 0 amide bonds. The summed E-state index contributed by atoms with van der Waals surface area (Å²) in [4.78, 5) is 9.81. The van der Waals surface area contributed by atoms with Crippen molar-refractivity contribution in [2.75, 3.05) is 6.61 Å². The van der Waals surface area contributed by atoms with Crippen LogP contribution in [0.15, 0.2) is 84.3 Å². The smallest absolute Gasteiger partial charge is 0.121 e. The van der Waals surface area contributed by atoms with E-state index in [-0.39, 0.29) is 0 Å². The second kappa shape index (κ2) is 8.06. The minimum Gasteiger partial charge on any atom is -0.395 e. The Kier molecular flexibility index (Phi) is 5.36. The number of aryl methyl sites for hydroxylation is 1. The Labute approximate surface area is 142 Å². The Morgan fingerprint density at radius 3 is 2.42 bits per heavy atom. The molecule has 2 aromatic carbocycles. The molecule has 0 fully saturated rings. The molecule has 3 nitrogen and oxygen atoms in total. The molecule has 0 spiro atoms. The first-order valence-corrected chi connectivity index (χ1v) is 8.05. The van der Waals surface area contributed by atoms with E-state index in [9.17, 15) is 0 Å². The van der Waals surface area contributed by atoms with Gasteiger partial charge < -0.3 is 4.84 Å². The van der Waals surface area contributed by atoms with Crippen molar-refractivity contribution in [1.29, 1.82) is 0 Å². The molecule has 0 N–H and O–H groups in total. The van der Waals surface area contributed by atoms with Gasteiger partial charge in [0.1, 0.15) is 12.3 Å². The summed E-state index contributed by atoms with van der Waals surface area (Å²) in [6, 6.07) is 22.3. The van der Waals surface area contributed by atoms with Gasteiger partial charge in [-0.2, -0.15) is 0 Å². The van der Waals surface area contributed by atoms with E-state index in [0.29, 0.717) is 6.61 Å². The first kappa shape index (κ1) is 15.9. The van der Waals surface area contributed by atoms with Gasteiger partial charge in [0.15, 0.2) is 0 Å². The zero-order chi connectivity index (χ0) is 16.6. The molecule has 1 aromatic heterocycles. The van der Waals surface area contributed by atoms with Crippen LogP contribution in [-0.4, -0.2) is 17.3 Å². The van der Waals surface area contributed by atoms with E-state index in [0.717, 1.165) is 23.3 Å². The third-order valence-corrected chi connectivity index (χ3v) is 3.86. The fraction of sp³-hybridized carbons (Fsp3) is 0.143. The number of oxime groups is 1. The largest absolute Gasteiger partial charge is 0.395 e. The van der Waals surface area contributed by atoms with E-state index in [1.807, 2.05) is 48.5 Å². The fourth-order valence-electron chi connectivity index (χ4n) is 2.53. The van der Waals surface area contributed by atoms with Crippen molar-refractivity contribution in [1.82, 2.24) is 4.98 Å². The molecule has 0 aliphatic carbocycles. The van der Waals surface area contributed by atoms with Gasteiger partial charge in [0, 0.05) is 29.9 Å². The lowest BCUT2D eigenvalue weighted by Gasteiger charge is -2.08. The number of benzene rings is 2. The Morgan fingerprint density at radius 2 is 1.67 bits per heavy atom. The van der Waals surface area contributed by atoms with Crippen LogP contribution in [0.5, 0.6) is 0 Å². The maximum Gasteiger partial charge on any atom is 0.121 e. The summed E-state index contributed by atoms with van der Waals surface area (Å²) in [6.07, 6.45) is 4.40. The average Bonchev–Trinajstić information content (AvgIpc) is 2.64. The number of nitrogens with zero attached hydrogens (tertiary/aromatic N) is 2. The number of hydrogen-bond acceptors (Lipinski definition) is 3. The van der Waals surface area contributed by atoms with Gasteiger partial charge in [0.2, 0.25) is 0 Å². The van der Waals surface area contributed by atoms with Crippen LogP contribution in [0.2, 0.25) is 0 Å². The predicted molar refractivity (Wildman–Crippen MR) is 97.2 cm³/mol. The standard InChI is InChI=1S/C21H20N2O/c1-17-8-5-6-9-18(17)13-15-24-23-21(19-10-3-2-4-11-19)20-12-7-14-22-16-20/h2-12,14,16H,13,15H2,1H3. The zero-order valence-electron chi connectivity index (χ0n) is 13.7. The monoisotopic (exact) mass is 316 g/mol. The van der Waals surface area contributed by atoms with E-state index in [2.05, 4.69) is 35.3 Å². The van der Waals surface area contributed by atoms with Crippen LogP contribution in [-0.2, 0) is 11.3 Å². The Balaban J connectivity index is 1.74. The molecule has 0 bridgehead atoms. The second-order valence-electron chi connectivity index (χ2n) is 5.56. The third-order valence-electron chi connectivity index (χ3n) is 3.86. The SMILES string of the molecule is Cc1ccccc1CCON=C(c1ccccc1)c1cccnc1. The van der Waals surface area contributed by atoms with Gasteiger partial charge in [-0.05, 0) is 30.2 Å². The Hall–Kier alpha value is -2.94. The Bertz CT molecular complexity index is 757. The quantitative estimate of drug-likeness (QED) is 0.384. The first-order chi connectivity index (χ1) is 11.8. The van der Waals surface area contributed by atoms with Gasteiger partial charge in [-0.15, -0.1) is 0 Å². The molecular weight excluding hydrogens is 296 g/mol. The number of pyridine rings is 1. The predicted octanol–water partition coefficient (Wildman–Crippen LogP) is 4.40. The van der Waals surface area contributed by atoms with Crippen LogP contribution < -0.4 is 0 Å². The van der Waals surface area contributed by atoms with Crippen molar-refractivity contribution in [3.63, 3.8) is 0 Å². The topological polar surface area (TPSA) is 34.5 Å². The van der Waals surface area contributed by atoms with Crippen molar-refractivity contribution < 1.29 is 4.84 Å². The van der Waals surface area contributed by atoms with E-state index in [4.69, 9.17) is 4.84 Å². The number of rotatable bonds is 6. The van der Waals surface area contributed by atoms with E-state index in [1.165, 1.54) is 11.1 Å². The van der Waals surface area contributed by atoms with Crippen molar-refractivity contribution in [3.8, 4) is 0 Å². The molecule has 1 heterocycles. The van der Waals surface area contributed by atoms with Crippen LogP contribution in [0.3, 0.4) is 0 Å². The summed E-state index contributed by atoms with van der Waals surface area (Å²) in [5.41, 5.74) is 5.32. The molecule has 0 unspecified atom stereocenters. The second-order valence-corrected chi connectivity index (χ2v) is 5.56. The molecule has 3 rings (SSSR count). The van der Waals surface area contributed by atoms with Gasteiger partial charge in [-0.25, -0.2) is 0 Å². The van der Waals surface area contributed by atoms with Crippen LogP contribution in [0.1, 0.15) is 22.3 Å². The van der Waals surface area contributed by atoms with Gasteiger partial charge >= 0.3 is 0 Å². The molecule has 0 saturated heterocycles. The van der Waals surface area contributed by atoms with Crippen molar-refractivity contribution in [2.24, 2.45) is 5.16 Å². The highest BCUT2D eigenvalue weighted by atomic mass is 16.6. The van der Waals surface area contributed by atoms with E-state index in [1.54, 1.807) is 12.4 Å². The maximum absolute atomic E-state index is 5.62. The molecule has 3 heteroatoms. The van der Waals surface area contributed by atoms with Crippen LogP contribution >= 0.6 is 0 Å². The first-order valence-electron chi connectivity index (χ1n) is 8.05. The summed E-state index contributed by atoms with van der Waals surface area (Å²) in [7, 11) is 0. The molecule has 0 aliphatic heterocycles. The summed E-state index contributed by atoms with van der Waals surface area (Å²) in [5.74, 6) is 0. The van der Waals surface area contributed by atoms with Crippen LogP contribution in [0.25, 0.3) is 0 Å². The average molecular weight is 316 g/mol. The molecule has 3 aromatic rings. The van der Waals surface area contributed by atoms with Gasteiger partial charge in [-0.3, -0.25) is 4.98 Å². The van der Waals surface area contributed by atoms with Crippen molar-refractivity contribution in [2.45, 2.75) is 13.3 Å². The number of hydrogen-bond donors (Lipinski definition) is 0. The third kappa shape index (κ3) is 4.07. The van der Waals surface area contributed by atoms with E-state index >= 15 is 0 Å². The minimum absolute atomic E-state index is 0.543. The van der Waals surface area contributed by atoms with Gasteiger partial charge in [0.25, 0.3) is 0 Å². The van der Waals surface area contributed by atoms with Crippen molar-refractivity contribution in [3.05, 3.63) is 101 Å². The summed E-state index contributed by atoms with van der Waals surface area (Å²) in [5, 5.41) is 4.39. The fourth-order valence-corrected chi connectivity index (χ4v) is 2.53. The Morgan fingerprint density at radius 1 is 0.917 bits per heavy atom. The van der Waals surface area contributed by atoms with Gasteiger partial charge in [0.05, 0.1) is 0 Å². The molecule has 0 saturated carbocycles. The molecule has 24 heavy (non-hydrogen) atoms. The maximum atomic E-state index is 5.62. The number of aromatic nitrogens is 1. The lowest BCUT2D eigenvalue weighted by molar-refractivity contribution is 0.148. The van der Waals surface area contributed by atoms with Gasteiger partial charge in [-0.1, -0.05) is 59.8 Å². The minimum atomic E-state index is 0.543. The normalized spacial score (nSPS) is 11.3. The molecule has 0 aliphatic rings. The van der Waals surface area contributed by atoms with E-state index < -0.39 is 0 Å². The molecule has 0 radical (unpaired) electrons. The summed E-state index contributed by atoms with van der Waals surface area (Å²) >= 11 is 0. The van der Waals surface area contributed by atoms with Crippen molar-refractivity contribution >= 4 is 5.71 Å². The lowest BCUT2D eigenvalue weighted by atomic mass is 10.0.